The predicted molar refractivity (Wildman–Crippen MR) is 111 cm³/mol. The molecule has 28 heavy (non-hydrogen) atoms. The van der Waals surface area contributed by atoms with E-state index in [4.69, 9.17) is 16.3 Å². The summed E-state index contributed by atoms with van der Waals surface area (Å²) in [5, 5.41) is 3.23. The minimum absolute atomic E-state index is 0.0634. The Morgan fingerprint density at radius 1 is 1.21 bits per heavy atom. The normalized spacial score (nSPS) is 12.0. The van der Waals surface area contributed by atoms with Gasteiger partial charge >= 0.3 is 0 Å². The molecule has 5 nitrogen and oxygen atoms in total. The molecule has 0 aliphatic heterocycles. The third-order valence-corrected chi connectivity index (χ3v) is 4.96. The highest BCUT2D eigenvalue weighted by Gasteiger charge is 2.25. The van der Waals surface area contributed by atoms with Gasteiger partial charge in [-0.25, -0.2) is 0 Å². The average Bonchev–Trinajstić information content (AvgIpc) is 3.06. The molecule has 1 amide bonds. The molecule has 3 aromatic rings. The number of hydrogen-bond acceptors (Lipinski definition) is 3. The second kappa shape index (κ2) is 8.48. The number of carbonyl (C=O) groups excluding carboxylic acids is 2. The van der Waals surface area contributed by atoms with E-state index in [1.807, 2.05) is 44.2 Å². The maximum Gasteiger partial charge on any atom is 0.294 e. The molecule has 1 N–H and O–H groups in total. The number of methoxy groups -OCH3 is 1. The quantitative estimate of drug-likeness (QED) is 0.461. The fraction of sp³-hybridized carbons (Fsp3) is 0.273. The van der Waals surface area contributed by atoms with Gasteiger partial charge in [-0.05, 0) is 49.2 Å². The van der Waals surface area contributed by atoms with Crippen molar-refractivity contribution in [2.75, 3.05) is 7.11 Å². The third kappa shape index (κ3) is 3.90. The summed E-state index contributed by atoms with van der Waals surface area (Å²) in [4.78, 5) is 25.7. The zero-order valence-electron chi connectivity index (χ0n) is 16.2. The zero-order chi connectivity index (χ0) is 20.3. The van der Waals surface area contributed by atoms with Crippen molar-refractivity contribution < 1.29 is 14.3 Å². The van der Waals surface area contributed by atoms with Gasteiger partial charge in [0, 0.05) is 23.3 Å². The van der Waals surface area contributed by atoms with Crippen LogP contribution in [0.1, 0.15) is 37.2 Å². The van der Waals surface area contributed by atoms with Gasteiger partial charge in [0.1, 0.15) is 11.4 Å². The first kappa shape index (κ1) is 20.0. The standard InChI is InChI=1S/C22H23ClN2O3/c1-4-7-14(2)24-22(27)21(26)20-17(13-16-8-5-6-11-25(16)20)15-9-10-19(28-3)18(23)12-15/h5-6,8-14H,4,7H2,1-3H3,(H,24,27)/t14-/m1/s1. The summed E-state index contributed by atoms with van der Waals surface area (Å²) in [6.45, 7) is 3.94. The van der Waals surface area contributed by atoms with E-state index < -0.39 is 11.7 Å². The van der Waals surface area contributed by atoms with Crippen molar-refractivity contribution in [1.29, 1.82) is 0 Å². The number of amides is 1. The fourth-order valence-corrected chi connectivity index (χ4v) is 3.57. The first-order valence-electron chi connectivity index (χ1n) is 9.25. The molecule has 1 atom stereocenters. The molecule has 0 bridgehead atoms. The fourth-order valence-electron chi connectivity index (χ4n) is 3.31. The molecular formula is C22H23ClN2O3. The zero-order valence-corrected chi connectivity index (χ0v) is 16.9. The van der Waals surface area contributed by atoms with Crippen LogP contribution in [0, 0.1) is 0 Å². The Morgan fingerprint density at radius 3 is 2.68 bits per heavy atom. The second-order valence-corrected chi connectivity index (χ2v) is 7.15. The number of ether oxygens (including phenoxy) is 1. The van der Waals surface area contributed by atoms with Crippen molar-refractivity contribution in [3.8, 4) is 16.9 Å². The molecule has 0 unspecified atom stereocenters. The number of halogens is 1. The lowest BCUT2D eigenvalue weighted by atomic mass is 10.0. The molecule has 6 heteroatoms. The van der Waals surface area contributed by atoms with Crippen LogP contribution in [0.2, 0.25) is 5.02 Å². The van der Waals surface area contributed by atoms with Crippen LogP contribution in [-0.2, 0) is 4.79 Å². The number of Topliss-reactive ketones (excluding diaryl/α,β-unsaturated/α-hetero) is 1. The van der Waals surface area contributed by atoms with Gasteiger partial charge in [0.2, 0.25) is 0 Å². The van der Waals surface area contributed by atoms with Crippen molar-refractivity contribution in [2.24, 2.45) is 0 Å². The van der Waals surface area contributed by atoms with Crippen molar-refractivity contribution in [3.05, 3.63) is 59.4 Å². The SMILES string of the molecule is CCC[C@@H](C)NC(=O)C(=O)c1c(-c2ccc(OC)c(Cl)c2)cc2ccccn12. The Balaban J connectivity index is 2.08. The summed E-state index contributed by atoms with van der Waals surface area (Å²) in [7, 11) is 1.55. The van der Waals surface area contributed by atoms with Crippen molar-refractivity contribution >= 4 is 28.8 Å². The van der Waals surface area contributed by atoms with Gasteiger partial charge in [0.05, 0.1) is 12.1 Å². The smallest absolute Gasteiger partial charge is 0.294 e. The lowest BCUT2D eigenvalue weighted by Gasteiger charge is -2.13. The van der Waals surface area contributed by atoms with Gasteiger partial charge in [0.25, 0.3) is 11.7 Å². The molecular weight excluding hydrogens is 376 g/mol. The second-order valence-electron chi connectivity index (χ2n) is 6.74. The number of ketones is 1. The highest BCUT2D eigenvalue weighted by Crippen LogP contribution is 2.33. The summed E-state index contributed by atoms with van der Waals surface area (Å²) in [6.07, 6.45) is 3.52. The molecule has 1 aromatic carbocycles. The lowest BCUT2D eigenvalue weighted by molar-refractivity contribution is -0.117. The van der Waals surface area contributed by atoms with E-state index in [1.54, 1.807) is 29.8 Å². The summed E-state index contributed by atoms with van der Waals surface area (Å²) >= 11 is 6.28. The number of nitrogens with zero attached hydrogens (tertiary/aromatic N) is 1. The molecule has 0 saturated heterocycles. The summed E-state index contributed by atoms with van der Waals surface area (Å²) < 4.78 is 6.95. The van der Waals surface area contributed by atoms with Crippen LogP contribution in [-0.4, -0.2) is 29.2 Å². The van der Waals surface area contributed by atoms with E-state index in [-0.39, 0.29) is 6.04 Å². The van der Waals surface area contributed by atoms with E-state index in [9.17, 15) is 9.59 Å². The monoisotopic (exact) mass is 398 g/mol. The van der Waals surface area contributed by atoms with Gasteiger partial charge in [-0.15, -0.1) is 0 Å². The average molecular weight is 399 g/mol. The molecule has 146 valence electrons. The topological polar surface area (TPSA) is 59.8 Å². The van der Waals surface area contributed by atoms with E-state index in [2.05, 4.69) is 5.32 Å². The van der Waals surface area contributed by atoms with E-state index in [0.717, 1.165) is 23.9 Å². The van der Waals surface area contributed by atoms with Crippen LogP contribution in [0.5, 0.6) is 5.75 Å². The van der Waals surface area contributed by atoms with Crippen LogP contribution >= 0.6 is 11.6 Å². The first-order chi connectivity index (χ1) is 13.5. The summed E-state index contributed by atoms with van der Waals surface area (Å²) in [5.41, 5.74) is 2.53. The van der Waals surface area contributed by atoms with E-state index in [1.165, 1.54) is 0 Å². The van der Waals surface area contributed by atoms with E-state index >= 15 is 0 Å². The maximum atomic E-state index is 13.1. The number of fused-ring (bicyclic) bond motifs is 1. The Labute approximate surface area is 169 Å². The first-order valence-corrected chi connectivity index (χ1v) is 9.63. The van der Waals surface area contributed by atoms with Gasteiger partial charge in [-0.2, -0.15) is 0 Å². The maximum absolute atomic E-state index is 13.1. The molecule has 0 radical (unpaired) electrons. The van der Waals surface area contributed by atoms with Crippen LogP contribution < -0.4 is 10.1 Å². The Morgan fingerprint density at radius 2 is 2.00 bits per heavy atom. The lowest BCUT2D eigenvalue weighted by Crippen LogP contribution is -2.38. The van der Waals surface area contributed by atoms with Crippen molar-refractivity contribution in [3.63, 3.8) is 0 Å². The van der Waals surface area contributed by atoms with Crippen molar-refractivity contribution in [2.45, 2.75) is 32.7 Å². The molecule has 2 aromatic heterocycles. The Kier molecular flexibility index (Phi) is 6.05. The molecule has 0 saturated carbocycles. The third-order valence-electron chi connectivity index (χ3n) is 4.66. The Bertz CT molecular complexity index is 1030. The minimum atomic E-state index is -0.606. The summed E-state index contributed by atoms with van der Waals surface area (Å²) in [5.74, 6) is -0.630. The number of nitrogens with one attached hydrogen (secondary N) is 1. The number of hydrogen-bond donors (Lipinski definition) is 1. The molecule has 0 aliphatic carbocycles. The van der Waals surface area contributed by atoms with Crippen LogP contribution in [0.4, 0.5) is 0 Å². The molecule has 0 fully saturated rings. The van der Waals surface area contributed by atoms with Gasteiger partial charge < -0.3 is 14.5 Å². The van der Waals surface area contributed by atoms with Gasteiger partial charge in [-0.3, -0.25) is 9.59 Å². The molecule has 3 rings (SSSR count). The molecule has 2 heterocycles. The Hall–Kier alpha value is -2.79. The molecule has 0 aliphatic rings. The number of carbonyl (C=O) groups is 2. The minimum Gasteiger partial charge on any atom is -0.495 e. The highest BCUT2D eigenvalue weighted by molar-refractivity contribution is 6.43. The van der Waals surface area contributed by atoms with E-state index in [0.29, 0.717) is 22.0 Å². The summed E-state index contributed by atoms with van der Waals surface area (Å²) in [6, 6.07) is 12.7. The number of aromatic nitrogens is 1. The van der Waals surface area contributed by atoms with Crippen LogP contribution in [0.15, 0.2) is 48.7 Å². The number of pyridine rings is 1. The largest absolute Gasteiger partial charge is 0.495 e. The highest BCUT2D eigenvalue weighted by atomic mass is 35.5. The predicted octanol–water partition coefficient (Wildman–Crippen LogP) is 4.76. The van der Waals surface area contributed by atoms with Crippen LogP contribution in [0.25, 0.3) is 16.6 Å². The van der Waals surface area contributed by atoms with Crippen molar-refractivity contribution in [1.82, 2.24) is 9.72 Å². The van der Waals surface area contributed by atoms with Gasteiger partial charge in [0.15, 0.2) is 0 Å². The number of rotatable bonds is 7. The molecule has 0 spiro atoms. The van der Waals surface area contributed by atoms with Gasteiger partial charge in [-0.1, -0.05) is 37.1 Å². The van der Waals surface area contributed by atoms with Crippen LogP contribution in [0.3, 0.4) is 0 Å². The number of benzene rings is 1.